The summed E-state index contributed by atoms with van der Waals surface area (Å²) in [6, 6.07) is 0. The van der Waals surface area contributed by atoms with Crippen LogP contribution in [0.15, 0.2) is 24.3 Å². The van der Waals surface area contributed by atoms with Crippen LogP contribution in [-0.4, -0.2) is 23.3 Å². The fraction of sp³-hybridized carbons (Fsp3) is 0.700. The lowest BCUT2D eigenvalue weighted by Gasteiger charge is -2.51. The topological polar surface area (TPSA) is 43.4 Å². The van der Waals surface area contributed by atoms with Gasteiger partial charge in [0.25, 0.3) is 0 Å². The van der Waals surface area contributed by atoms with Crippen LogP contribution in [0.4, 0.5) is 0 Å². The number of rotatable bonds is 1. The second kappa shape index (κ2) is 4.66. The summed E-state index contributed by atoms with van der Waals surface area (Å²) in [6.07, 6.45) is 2.42. The zero-order chi connectivity index (χ0) is 16.7. The van der Waals surface area contributed by atoms with Gasteiger partial charge in [0, 0.05) is 11.8 Å². The number of carbonyl (C=O) groups excluding carboxylic acids is 2. The molecular formula is C20H26O3. The highest BCUT2D eigenvalue weighted by Crippen LogP contribution is 2.63. The third-order valence-electron chi connectivity index (χ3n) is 7.07. The van der Waals surface area contributed by atoms with Gasteiger partial charge in [-0.05, 0) is 43.9 Å². The van der Waals surface area contributed by atoms with E-state index in [1.807, 2.05) is 13.8 Å². The van der Waals surface area contributed by atoms with E-state index in [-0.39, 0.29) is 47.3 Å². The highest BCUT2D eigenvalue weighted by molar-refractivity contribution is 6.02. The molecule has 0 aromatic rings. The lowest BCUT2D eigenvalue weighted by molar-refractivity contribution is -0.176. The van der Waals surface area contributed by atoms with Gasteiger partial charge in [0.1, 0.15) is 11.4 Å². The maximum Gasteiger partial charge on any atom is 0.170 e. The zero-order valence-electron chi connectivity index (χ0n) is 14.3. The average molecular weight is 314 g/mol. The summed E-state index contributed by atoms with van der Waals surface area (Å²) in [5.74, 6) is 0.441. The molecular weight excluding hydrogens is 288 g/mol. The molecule has 2 saturated heterocycles. The first-order chi connectivity index (χ1) is 10.8. The quantitative estimate of drug-likeness (QED) is 0.697. The Bertz CT molecular complexity index is 633. The first kappa shape index (κ1) is 15.3. The van der Waals surface area contributed by atoms with Crippen molar-refractivity contribution in [2.45, 2.75) is 51.7 Å². The van der Waals surface area contributed by atoms with Crippen molar-refractivity contribution >= 4 is 11.6 Å². The fourth-order valence-electron chi connectivity index (χ4n) is 6.10. The van der Waals surface area contributed by atoms with Crippen LogP contribution in [0.1, 0.15) is 40.0 Å². The van der Waals surface area contributed by atoms with Crippen LogP contribution < -0.4 is 0 Å². The predicted octanol–water partition coefficient (Wildman–Crippen LogP) is 3.34. The Kier molecular flexibility index (Phi) is 3.10. The van der Waals surface area contributed by atoms with Gasteiger partial charge in [-0.15, -0.1) is 0 Å². The molecule has 2 saturated carbocycles. The molecule has 0 N–H and O–H groups in total. The van der Waals surface area contributed by atoms with E-state index < -0.39 is 5.60 Å². The first-order valence-electron chi connectivity index (χ1n) is 8.88. The summed E-state index contributed by atoms with van der Waals surface area (Å²) in [5.41, 5.74) is 1.44. The average Bonchev–Trinajstić information content (AvgIpc) is 2.87. The van der Waals surface area contributed by atoms with E-state index in [1.54, 1.807) is 0 Å². The van der Waals surface area contributed by atoms with Crippen molar-refractivity contribution in [3.63, 3.8) is 0 Å². The van der Waals surface area contributed by atoms with Gasteiger partial charge in [0.05, 0.1) is 12.0 Å². The smallest absolute Gasteiger partial charge is 0.170 e. The van der Waals surface area contributed by atoms with Crippen molar-refractivity contribution in [2.75, 3.05) is 0 Å². The molecule has 3 nitrogen and oxygen atoms in total. The summed E-state index contributed by atoms with van der Waals surface area (Å²) in [7, 11) is 0. The molecule has 0 unspecified atom stereocenters. The van der Waals surface area contributed by atoms with Crippen LogP contribution in [0.2, 0.25) is 0 Å². The van der Waals surface area contributed by atoms with E-state index in [1.165, 1.54) is 0 Å². The third kappa shape index (κ3) is 1.69. The maximum atomic E-state index is 13.1. The number of ether oxygens (including phenoxy) is 1. The Morgan fingerprint density at radius 1 is 1.30 bits per heavy atom. The molecule has 0 radical (unpaired) electrons. The molecule has 0 aromatic carbocycles. The summed E-state index contributed by atoms with van der Waals surface area (Å²) >= 11 is 0. The lowest BCUT2D eigenvalue weighted by Crippen LogP contribution is -2.55. The van der Waals surface area contributed by atoms with E-state index >= 15 is 0 Å². The molecule has 0 aromatic heterocycles. The summed E-state index contributed by atoms with van der Waals surface area (Å²) in [6.45, 7) is 14.5. The number of ketones is 2. The molecule has 124 valence electrons. The maximum absolute atomic E-state index is 13.1. The van der Waals surface area contributed by atoms with Crippen LogP contribution in [0.3, 0.4) is 0 Å². The molecule has 0 amide bonds. The third-order valence-corrected chi connectivity index (χ3v) is 7.07. The Morgan fingerprint density at radius 2 is 2.00 bits per heavy atom. The molecule has 2 bridgehead atoms. The molecule has 3 heteroatoms. The van der Waals surface area contributed by atoms with Gasteiger partial charge in [-0.3, -0.25) is 9.59 Å². The van der Waals surface area contributed by atoms with Crippen LogP contribution in [0.5, 0.6) is 0 Å². The zero-order valence-corrected chi connectivity index (χ0v) is 14.3. The van der Waals surface area contributed by atoms with Crippen molar-refractivity contribution in [1.29, 1.82) is 0 Å². The van der Waals surface area contributed by atoms with E-state index in [0.717, 1.165) is 24.0 Å². The Balaban J connectivity index is 1.89. The van der Waals surface area contributed by atoms with Crippen molar-refractivity contribution in [1.82, 2.24) is 0 Å². The van der Waals surface area contributed by atoms with Crippen LogP contribution in [0, 0.1) is 35.5 Å². The molecule has 23 heavy (non-hydrogen) atoms. The van der Waals surface area contributed by atoms with Gasteiger partial charge >= 0.3 is 0 Å². The van der Waals surface area contributed by atoms with E-state index in [9.17, 15) is 9.59 Å². The number of hydrogen-bond donors (Lipinski definition) is 0. The number of fused-ring (bicyclic) bond motifs is 4. The highest BCUT2D eigenvalue weighted by atomic mass is 16.5. The minimum atomic E-state index is -0.859. The standard InChI is InChI=1S/C20H26O3/c1-9(2)13-7-6-10(3)14-15(13)18-12(5)19(22)20(23-18)8-11(4)17(21)16(14)20/h11-16,18H,1,3,6-8H2,2,4-5H3/t11-,12-,13+,14+,15+,16+,18-,20-/m1/s1. The molecule has 2 aliphatic carbocycles. The number of Topliss-reactive ketones (excluding diaryl/α,β-unsaturated/α-hetero) is 2. The highest BCUT2D eigenvalue weighted by Gasteiger charge is 2.72. The molecule has 4 aliphatic rings. The van der Waals surface area contributed by atoms with Gasteiger partial charge in [-0.25, -0.2) is 0 Å². The number of allylic oxidation sites excluding steroid dienone is 2. The van der Waals surface area contributed by atoms with Crippen molar-refractivity contribution < 1.29 is 14.3 Å². The van der Waals surface area contributed by atoms with E-state index in [0.29, 0.717) is 12.3 Å². The molecule has 2 aliphatic heterocycles. The predicted molar refractivity (Wildman–Crippen MR) is 87.7 cm³/mol. The number of carbonyl (C=O) groups is 2. The first-order valence-corrected chi connectivity index (χ1v) is 8.88. The number of hydrogen-bond acceptors (Lipinski definition) is 3. The Labute approximate surface area is 138 Å². The Hall–Kier alpha value is -1.22. The normalized spacial score (nSPS) is 51.6. The van der Waals surface area contributed by atoms with Crippen LogP contribution in [0.25, 0.3) is 0 Å². The summed E-state index contributed by atoms with van der Waals surface area (Å²) < 4.78 is 6.42. The summed E-state index contributed by atoms with van der Waals surface area (Å²) in [4.78, 5) is 26.0. The van der Waals surface area contributed by atoms with Crippen molar-refractivity contribution in [3.05, 3.63) is 24.3 Å². The molecule has 4 rings (SSSR count). The second-order valence-corrected chi connectivity index (χ2v) is 8.36. The minimum absolute atomic E-state index is 0.0828. The Morgan fingerprint density at radius 3 is 2.65 bits per heavy atom. The van der Waals surface area contributed by atoms with E-state index in [4.69, 9.17) is 4.74 Å². The molecule has 2 heterocycles. The van der Waals surface area contributed by atoms with Gasteiger partial charge in [0.2, 0.25) is 0 Å². The van der Waals surface area contributed by atoms with Crippen LogP contribution in [-0.2, 0) is 14.3 Å². The lowest BCUT2D eigenvalue weighted by atomic mass is 9.59. The second-order valence-electron chi connectivity index (χ2n) is 8.36. The van der Waals surface area contributed by atoms with Gasteiger partial charge in [-0.1, -0.05) is 38.2 Å². The molecule has 1 spiro atoms. The van der Waals surface area contributed by atoms with Crippen LogP contribution >= 0.6 is 0 Å². The minimum Gasteiger partial charge on any atom is -0.362 e. The fourth-order valence-corrected chi connectivity index (χ4v) is 6.10. The van der Waals surface area contributed by atoms with Crippen molar-refractivity contribution in [2.24, 2.45) is 35.5 Å². The molecule has 8 atom stereocenters. The van der Waals surface area contributed by atoms with Gasteiger partial charge in [0.15, 0.2) is 5.78 Å². The van der Waals surface area contributed by atoms with Crippen molar-refractivity contribution in [3.8, 4) is 0 Å². The van der Waals surface area contributed by atoms with E-state index in [2.05, 4.69) is 20.1 Å². The largest absolute Gasteiger partial charge is 0.362 e. The summed E-state index contributed by atoms with van der Waals surface area (Å²) in [5, 5.41) is 0. The van der Waals surface area contributed by atoms with Gasteiger partial charge in [-0.2, -0.15) is 0 Å². The van der Waals surface area contributed by atoms with Gasteiger partial charge < -0.3 is 4.74 Å². The monoisotopic (exact) mass is 314 g/mol. The SMILES string of the molecule is C=C1CC[C@@H](C(=C)C)[C@@H]2[C@@H]3O[C@@]4(C[C@@H](C)C(=O)[C@@H]4[C@@H]12)C(=O)[C@@H]3C. The molecule has 4 fully saturated rings.